The lowest BCUT2D eigenvalue weighted by Crippen LogP contribution is -1.91. The molecule has 0 bridgehead atoms. The molecule has 0 radical (unpaired) electrons. The van der Waals surface area contributed by atoms with Gasteiger partial charge in [-0.05, 0) is 23.7 Å². The highest BCUT2D eigenvalue weighted by Crippen LogP contribution is 2.16. The molecule has 0 aromatic rings. The molecule has 0 rings (SSSR count). The lowest BCUT2D eigenvalue weighted by Gasteiger charge is -2.06. The quantitative estimate of drug-likeness (QED) is 0.471. The summed E-state index contributed by atoms with van der Waals surface area (Å²) in [5.74, 6) is 0.815. The van der Waals surface area contributed by atoms with E-state index in [0.29, 0.717) is 0 Å². The standard InChI is InChI=1S/C10H18S/c1-4-6-10(11)8-7-9(3)5-2/h4,6,9,11H,1,5,7-8H2,2-3H3/b10-6+. The first-order chi connectivity index (χ1) is 5.20. The van der Waals surface area contributed by atoms with E-state index in [-0.39, 0.29) is 0 Å². The normalized spacial score (nSPS) is 14.6. The topological polar surface area (TPSA) is 0 Å². The van der Waals surface area contributed by atoms with Crippen LogP contribution >= 0.6 is 12.6 Å². The number of allylic oxidation sites excluding steroid dienone is 3. The molecule has 1 atom stereocenters. The Labute approximate surface area is 75.8 Å². The Morgan fingerprint density at radius 2 is 2.27 bits per heavy atom. The molecule has 1 unspecified atom stereocenters. The monoisotopic (exact) mass is 170 g/mol. The van der Waals surface area contributed by atoms with Crippen LogP contribution in [0.3, 0.4) is 0 Å². The summed E-state index contributed by atoms with van der Waals surface area (Å²) in [6.07, 6.45) is 7.34. The smallest absolute Gasteiger partial charge is 0.0184 e. The molecule has 1 heteroatoms. The second-order valence-corrected chi connectivity index (χ2v) is 3.52. The van der Waals surface area contributed by atoms with Crippen LogP contribution in [0.5, 0.6) is 0 Å². The van der Waals surface area contributed by atoms with Crippen LogP contribution < -0.4 is 0 Å². The van der Waals surface area contributed by atoms with E-state index in [2.05, 4.69) is 33.1 Å². The molecule has 0 aliphatic rings. The third-order valence-electron chi connectivity index (χ3n) is 1.90. The first-order valence-electron chi connectivity index (χ1n) is 4.21. The lowest BCUT2D eigenvalue weighted by atomic mass is 10.0. The van der Waals surface area contributed by atoms with E-state index in [1.165, 1.54) is 12.8 Å². The molecule has 0 saturated carbocycles. The van der Waals surface area contributed by atoms with Gasteiger partial charge in [0.1, 0.15) is 0 Å². The van der Waals surface area contributed by atoms with E-state index in [9.17, 15) is 0 Å². The van der Waals surface area contributed by atoms with Gasteiger partial charge in [0, 0.05) is 0 Å². The Bertz CT molecular complexity index is 136. The number of hydrogen-bond acceptors (Lipinski definition) is 1. The summed E-state index contributed by atoms with van der Waals surface area (Å²) in [6.45, 7) is 8.12. The number of rotatable bonds is 5. The fraction of sp³-hybridized carbons (Fsp3) is 0.600. The Morgan fingerprint density at radius 3 is 2.73 bits per heavy atom. The largest absolute Gasteiger partial charge is 0.148 e. The average Bonchev–Trinajstić information content (AvgIpc) is 2.01. The zero-order valence-electron chi connectivity index (χ0n) is 7.51. The van der Waals surface area contributed by atoms with Gasteiger partial charge in [0.15, 0.2) is 0 Å². The molecule has 0 aliphatic heterocycles. The van der Waals surface area contributed by atoms with Crippen LogP contribution in [0.1, 0.15) is 33.1 Å². The van der Waals surface area contributed by atoms with Crippen LogP contribution in [-0.4, -0.2) is 0 Å². The minimum Gasteiger partial charge on any atom is -0.148 e. The molecule has 0 heterocycles. The third kappa shape index (κ3) is 6.24. The predicted molar refractivity (Wildman–Crippen MR) is 56.0 cm³/mol. The van der Waals surface area contributed by atoms with Crippen molar-refractivity contribution in [2.75, 3.05) is 0 Å². The van der Waals surface area contributed by atoms with E-state index in [1.807, 2.05) is 6.08 Å². The second-order valence-electron chi connectivity index (χ2n) is 2.95. The minimum atomic E-state index is 0.815. The van der Waals surface area contributed by atoms with E-state index in [4.69, 9.17) is 0 Å². The summed E-state index contributed by atoms with van der Waals surface area (Å²) in [5.41, 5.74) is 0. The van der Waals surface area contributed by atoms with Crippen molar-refractivity contribution in [1.82, 2.24) is 0 Å². The summed E-state index contributed by atoms with van der Waals surface area (Å²) in [7, 11) is 0. The molecular weight excluding hydrogens is 152 g/mol. The average molecular weight is 170 g/mol. The minimum absolute atomic E-state index is 0.815. The van der Waals surface area contributed by atoms with Gasteiger partial charge in [-0.2, -0.15) is 0 Å². The van der Waals surface area contributed by atoms with Crippen molar-refractivity contribution in [3.63, 3.8) is 0 Å². The second kappa shape index (κ2) is 6.53. The summed E-state index contributed by atoms with van der Waals surface area (Å²) in [5, 5.41) is 0. The highest BCUT2D eigenvalue weighted by atomic mass is 32.1. The summed E-state index contributed by atoms with van der Waals surface area (Å²) >= 11 is 4.31. The Hall–Kier alpha value is -0.170. The summed E-state index contributed by atoms with van der Waals surface area (Å²) in [4.78, 5) is 1.14. The molecule has 64 valence electrons. The molecule has 0 aromatic carbocycles. The van der Waals surface area contributed by atoms with Gasteiger partial charge in [-0.25, -0.2) is 0 Å². The van der Waals surface area contributed by atoms with E-state index >= 15 is 0 Å². The van der Waals surface area contributed by atoms with Gasteiger partial charge in [0.25, 0.3) is 0 Å². The van der Waals surface area contributed by atoms with Crippen molar-refractivity contribution in [2.45, 2.75) is 33.1 Å². The molecule has 0 amide bonds. The predicted octanol–water partition coefficient (Wildman–Crippen LogP) is 3.81. The molecule has 0 fully saturated rings. The van der Waals surface area contributed by atoms with Gasteiger partial charge in [-0.1, -0.05) is 39.0 Å². The molecule has 0 aromatic heterocycles. The first kappa shape index (κ1) is 10.8. The van der Waals surface area contributed by atoms with Crippen molar-refractivity contribution in [3.05, 3.63) is 23.6 Å². The zero-order valence-corrected chi connectivity index (χ0v) is 8.40. The Morgan fingerprint density at radius 1 is 1.64 bits per heavy atom. The highest BCUT2D eigenvalue weighted by Gasteiger charge is 1.98. The SMILES string of the molecule is C=C/C=C(/S)CCC(C)CC. The van der Waals surface area contributed by atoms with E-state index in [1.54, 1.807) is 6.08 Å². The van der Waals surface area contributed by atoms with Crippen molar-refractivity contribution < 1.29 is 0 Å². The molecule has 0 saturated heterocycles. The highest BCUT2D eigenvalue weighted by molar-refractivity contribution is 7.84. The Kier molecular flexibility index (Phi) is 6.43. The van der Waals surface area contributed by atoms with Gasteiger partial charge in [0.05, 0.1) is 0 Å². The van der Waals surface area contributed by atoms with Crippen molar-refractivity contribution in [1.29, 1.82) is 0 Å². The van der Waals surface area contributed by atoms with Crippen LogP contribution in [0.2, 0.25) is 0 Å². The van der Waals surface area contributed by atoms with Crippen LogP contribution in [0.4, 0.5) is 0 Å². The van der Waals surface area contributed by atoms with Gasteiger partial charge in [-0.15, -0.1) is 12.6 Å². The lowest BCUT2D eigenvalue weighted by molar-refractivity contribution is 0.520. The summed E-state index contributed by atoms with van der Waals surface area (Å²) < 4.78 is 0. The van der Waals surface area contributed by atoms with Gasteiger partial charge in [0.2, 0.25) is 0 Å². The molecule has 0 N–H and O–H groups in total. The molecule has 0 aliphatic carbocycles. The maximum Gasteiger partial charge on any atom is -0.0184 e. The zero-order chi connectivity index (χ0) is 8.69. The van der Waals surface area contributed by atoms with Gasteiger partial charge >= 0.3 is 0 Å². The molecular formula is C10H18S. The van der Waals surface area contributed by atoms with Crippen LogP contribution in [-0.2, 0) is 0 Å². The molecule has 0 spiro atoms. The van der Waals surface area contributed by atoms with Crippen LogP contribution in [0.25, 0.3) is 0 Å². The van der Waals surface area contributed by atoms with Gasteiger partial charge in [-0.3, -0.25) is 0 Å². The van der Waals surface area contributed by atoms with E-state index in [0.717, 1.165) is 17.2 Å². The number of hydrogen-bond donors (Lipinski definition) is 1. The maximum absolute atomic E-state index is 4.31. The van der Waals surface area contributed by atoms with Crippen LogP contribution in [0, 0.1) is 5.92 Å². The van der Waals surface area contributed by atoms with Gasteiger partial charge < -0.3 is 0 Å². The molecule has 11 heavy (non-hydrogen) atoms. The van der Waals surface area contributed by atoms with Crippen molar-refractivity contribution >= 4 is 12.6 Å². The first-order valence-corrected chi connectivity index (χ1v) is 4.66. The maximum atomic E-state index is 4.31. The fourth-order valence-electron chi connectivity index (χ4n) is 0.818. The van der Waals surface area contributed by atoms with Crippen LogP contribution in [0.15, 0.2) is 23.6 Å². The Balaban J connectivity index is 3.52. The molecule has 0 nitrogen and oxygen atoms in total. The van der Waals surface area contributed by atoms with Crippen molar-refractivity contribution in [2.24, 2.45) is 5.92 Å². The fourth-order valence-corrected chi connectivity index (χ4v) is 1.05. The third-order valence-corrected chi connectivity index (χ3v) is 2.27. The number of thiol groups is 1. The van der Waals surface area contributed by atoms with E-state index < -0.39 is 0 Å². The summed E-state index contributed by atoms with van der Waals surface area (Å²) in [6, 6.07) is 0. The van der Waals surface area contributed by atoms with Crippen molar-refractivity contribution in [3.8, 4) is 0 Å².